The van der Waals surface area contributed by atoms with Crippen molar-refractivity contribution in [2.75, 3.05) is 13.2 Å². The first-order chi connectivity index (χ1) is 22.5. The smallest absolute Gasteiger partial charge is 0.348 e. The van der Waals surface area contributed by atoms with E-state index >= 15 is 0 Å². The lowest BCUT2D eigenvalue weighted by Gasteiger charge is -2.44. The van der Waals surface area contributed by atoms with Crippen LogP contribution in [-0.2, 0) is 61.9 Å². The number of esters is 6. The van der Waals surface area contributed by atoms with Crippen molar-refractivity contribution in [2.24, 2.45) is 23.7 Å². The third-order valence-corrected chi connectivity index (χ3v) is 7.91. The number of aliphatic hydroxyl groups is 2. The van der Waals surface area contributed by atoms with Gasteiger partial charge in [-0.05, 0) is 25.7 Å². The largest absolute Gasteiger partial charge is 0.462 e. The van der Waals surface area contributed by atoms with Gasteiger partial charge in [-0.3, -0.25) is 24.0 Å². The molecular weight excluding hydrogens is 648 g/mol. The number of carbonyl (C=O) groups excluding carboxylic acids is 6. The van der Waals surface area contributed by atoms with Gasteiger partial charge in [0.25, 0.3) is 6.29 Å². The van der Waals surface area contributed by atoms with Gasteiger partial charge in [-0.25, -0.2) is 4.79 Å². The van der Waals surface area contributed by atoms with Crippen LogP contribution in [0.5, 0.6) is 0 Å². The predicted molar refractivity (Wildman–Crippen MR) is 169 cm³/mol. The molecule has 278 valence electrons. The summed E-state index contributed by atoms with van der Waals surface area (Å²) in [7, 11) is 0. The summed E-state index contributed by atoms with van der Waals surface area (Å²) >= 11 is 0. The van der Waals surface area contributed by atoms with Gasteiger partial charge in [-0.15, -0.1) is 0 Å². The molecule has 0 aromatic carbocycles. The van der Waals surface area contributed by atoms with Crippen LogP contribution in [0.4, 0.5) is 0 Å². The third-order valence-electron chi connectivity index (χ3n) is 7.91. The molecule has 0 amide bonds. The molecule has 15 heteroatoms. The van der Waals surface area contributed by atoms with Gasteiger partial charge in [-0.2, -0.15) is 0 Å². The number of carbonyl (C=O) groups is 6. The van der Waals surface area contributed by atoms with E-state index < -0.39 is 109 Å². The summed E-state index contributed by atoms with van der Waals surface area (Å²) in [6.07, 6.45) is -4.34. The van der Waals surface area contributed by atoms with Crippen molar-refractivity contribution < 1.29 is 72.1 Å². The van der Waals surface area contributed by atoms with Crippen LogP contribution >= 0.6 is 0 Å². The molecule has 0 radical (unpaired) electrons. The summed E-state index contributed by atoms with van der Waals surface area (Å²) in [5, 5.41) is 24.4. The molecule has 6 atom stereocenters. The van der Waals surface area contributed by atoms with Crippen molar-refractivity contribution in [1.82, 2.24) is 0 Å². The first kappa shape index (κ1) is 41.5. The Balaban J connectivity index is 2.46. The Labute approximate surface area is 286 Å². The van der Waals surface area contributed by atoms with Crippen molar-refractivity contribution in [3.63, 3.8) is 0 Å². The molecule has 49 heavy (non-hydrogen) atoms. The van der Waals surface area contributed by atoms with Gasteiger partial charge in [0.1, 0.15) is 42.0 Å². The van der Waals surface area contributed by atoms with Crippen LogP contribution in [0.15, 0.2) is 11.8 Å². The molecule has 1 heterocycles. The fourth-order valence-corrected chi connectivity index (χ4v) is 5.84. The maximum atomic E-state index is 13.1. The van der Waals surface area contributed by atoms with Crippen LogP contribution in [-0.4, -0.2) is 94.5 Å². The minimum Gasteiger partial charge on any atom is -0.462 e. The SMILES string of the molecule is CC(=O)O[C@H]1C[C@]2(O)C(COC(=O)C(OC(=O)CC(C)C)C(C)C)=CO[C@@H](OC(=O)CC(C)C)[C@@H]2[C@@]1(O)COC(=O)CC(C)(C)OC(C)=O. The van der Waals surface area contributed by atoms with Gasteiger partial charge in [0.05, 0.1) is 12.7 Å². The molecule has 2 aliphatic rings. The molecule has 15 nitrogen and oxygen atoms in total. The highest BCUT2D eigenvalue weighted by molar-refractivity contribution is 5.80. The highest BCUT2D eigenvalue weighted by Crippen LogP contribution is 2.53. The molecule has 0 aromatic heterocycles. The van der Waals surface area contributed by atoms with Crippen molar-refractivity contribution in [1.29, 1.82) is 0 Å². The van der Waals surface area contributed by atoms with E-state index in [4.69, 9.17) is 33.2 Å². The average Bonchev–Trinajstić information content (AvgIpc) is 3.14. The number of rotatable bonds is 16. The Bertz CT molecular complexity index is 1270. The highest BCUT2D eigenvalue weighted by atomic mass is 16.7. The van der Waals surface area contributed by atoms with Gasteiger partial charge in [-0.1, -0.05) is 41.5 Å². The fourth-order valence-electron chi connectivity index (χ4n) is 5.84. The molecule has 0 bridgehead atoms. The summed E-state index contributed by atoms with van der Waals surface area (Å²) in [6, 6.07) is 0. The van der Waals surface area contributed by atoms with E-state index in [2.05, 4.69) is 0 Å². The molecule has 1 unspecified atom stereocenters. The number of hydrogen-bond acceptors (Lipinski definition) is 15. The maximum absolute atomic E-state index is 13.1. The predicted octanol–water partition coefficient (Wildman–Crippen LogP) is 2.66. The lowest BCUT2D eigenvalue weighted by atomic mass is 9.77. The molecule has 2 N–H and O–H groups in total. The van der Waals surface area contributed by atoms with Crippen LogP contribution in [0, 0.1) is 23.7 Å². The minimum atomic E-state index is -2.42. The summed E-state index contributed by atoms with van der Waals surface area (Å²) in [5.74, 6) is -6.86. The molecule has 0 spiro atoms. The van der Waals surface area contributed by atoms with Crippen LogP contribution < -0.4 is 0 Å². The van der Waals surface area contributed by atoms with E-state index in [9.17, 15) is 39.0 Å². The summed E-state index contributed by atoms with van der Waals surface area (Å²) in [5.41, 5.74) is -5.99. The van der Waals surface area contributed by atoms with Crippen molar-refractivity contribution >= 4 is 35.8 Å². The standard InChI is InChI=1S/C34H52O15/c1-18(2)11-25(37)47-28(20(5)6)30(40)43-15-23-16-44-31(48-26(38)12-19(3)4)29-33(23,41)13-24(46-21(7)35)34(29,42)17-45-27(39)14-32(9,10)49-22(8)36/h16,18-20,24,28-29,31,41-42H,11-15,17H2,1-10H3/t24-,28?,29-,31-,33-,34+/m0/s1. The second-order valence-electron chi connectivity index (χ2n) is 14.5. The first-order valence-corrected chi connectivity index (χ1v) is 16.4. The van der Waals surface area contributed by atoms with Crippen LogP contribution in [0.1, 0.15) is 94.9 Å². The Morgan fingerprint density at radius 3 is 2.00 bits per heavy atom. The molecule has 0 saturated heterocycles. The average molecular weight is 701 g/mol. The van der Waals surface area contributed by atoms with E-state index in [-0.39, 0.29) is 30.3 Å². The molecule has 1 aliphatic heterocycles. The third kappa shape index (κ3) is 11.4. The van der Waals surface area contributed by atoms with E-state index in [0.717, 1.165) is 13.2 Å². The monoisotopic (exact) mass is 700 g/mol. The van der Waals surface area contributed by atoms with E-state index in [0.29, 0.717) is 0 Å². The van der Waals surface area contributed by atoms with Gasteiger partial charge in [0.2, 0.25) is 6.10 Å². The van der Waals surface area contributed by atoms with Crippen LogP contribution in [0.2, 0.25) is 0 Å². The van der Waals surface area contributed by atoms with Gasteiger partial charge in [0, 0.05) is 44.6 Å². The van der Waals surface area contributed by atoms with Gasteiger partial charge >= 0.3 is 35.8 Å². The number of ether oxygens (including phenoxy) is 7. The Kier molecular flexibility index (Phi) is 14.2. The second-order valence-corrected chi connectivity index (χ2v) is 14.5. The summed E-state index contributed by atoms with van der Waals surface area (Å²) in [6.45, 7) is 14.2. The minimum absolute atomic E-state index is 0.0134. The number of fused-ring (bicyclic) bond motifs is 1. The Morgan fingerprint density at radius 2 is 1.47 bits per heavy atom. The van der Waals surface area contributed by atoms with Crippen molar-refractivity contribution in [3.8, 4) is 0 Å². The topological polar surface area (TPSA) is 207 Å². The van der Waals surface area contributed by atoms with Gasteiger partial charge < -0.3 is 43.4 Å². The summed E-state index contributed by atoms with van der Waals surface area (Å²) in [4.78, 5) is 74.8. The Hall–Kier alpha value is -3.72. The van der Waals surface area contributed by atoms with E-state index in [1.54, 1.807) is 27.7 Å². The zero-order valence-corrected chi connectivity index (χ0v) is 30.1. The maximum Gasteiger partial charge on any atom is 0.348 e. The van der Waals surface area contributed by atoms with Crippen molar-refractivity contribution in [2.45, 2.75) is 130 Å². The second kappa shape index (κ2) is 16.8. The van der Waals surface area contributed by atoms with E-state index in [1.807, 2.05) is 13.8 Å². The van der Waals surface area contributed by atoms with Gasteiger partial charge in [0.15, 0.2) is 0 Å². The fraction of sp³-hybridized carbons (Fsp3) is 0.765. The molecule has 1 aliphatic carbocycles. The molecular formula is C34H52O15. The lowest BCUT2D eigenvalue weighted by Crippen LogP contribution is -2.59. The molecule has 1 fully saturated rings. The van der Waals surface area contributed by atoms with Crippen LogP contribution in [0.3, 0.4) is 0 Å². The highest BCUT2D eigenvalue weighted by Gasteiger charge is 2.70. The zero-order chi connectivity index (χ0) is 37.5. The quantitative estimate of drug-likeness (QED) is 0.175. The number of hydrogen-bond donors (Lipinski definition) is 2. The Morgan fingerprint density at radius 1 is 0.878 bits per heavy atom. The molecule has 1 saturated carbocycles. The molecule has 0 aromatic rings. The summed E-state index contributed by atoms with van der Waals surface area (Å²) < 4.78 is 38.0. The first-order valence-electron chi connectivity index (χ1n) is 16.4. The molecule has 2 rings (SSSR count). The normalized spacial score (nSPS) is 25.4. The van der Waals surface area contributed by atoms with E-state index in [1.165, 1.54) is 20.8 Å². The zero-order valence-electron chi connectivity index (χ0n) is 30.1. The lowest BCUT2D eigenvalue weighted by molar-refractivity contribution is -0.241. The van der Waals surface area contributed by atoms with Crippen molar-refractivity contribution in [3.05, 3.63) is 11.8 Å². The van der Waals surface area contributed by atoms with Crippen LogP contribution in [0.25, 0.3) is 0 Å².